The Hall–Kier alpha value is -1.16. The van der Waals surface area contributed by atoms with Crippen LogP contribution >= 0.6 is 0 Å². The van der Waals surface area contributed by atoms with Gasteiger partial charge < -0.3 is 15.6 Å². The van der Waals surface area contributed by atoms with Gasteiger partial charge in [0.05, 0.1) is 19.4 Å². The fourth-order valence-electron chi connectivity index (χ4n) is 1.29. The van der Waals surface area contributed by atoms with E-state index in [0.29, 0.717) is 0 Å². The summed E-state index contributed by atoms with van der Waals surface area (Å²) in [4.78, 5) is -0.0953. The van der Waals surface area contributed by atoms with Crippen LogP contribution in [0.1, 0.15) is 0 Å². The quantitative estimate of drug-likeness (QED) is 0.558. The first kappa shape index (κ1) is 13.9. The van der Waals surface area contributed by atoms with Crippen molar-refractivity contribution < 1.29 is 18.3 Å². The lowest BCUT2D eigenvalue weighted by Crippen LogP contribution is -2.36. The maximum Gasteiger partial charge on any atom is 0.248 e. The molecule has 0 aromatic carbocycles. The SMILES string of the molecule is COCCN(CCO)S(=O)(=O)c1cn[nH]c1N. The number of nitrogens with two attached hydrogens (primary N) is 1. The van der Waals surface area contributed by atoms with Gasteiger partial charge in [0.15, 0.2) is 0 Å². The zero-order chi connectivity index (χ0) is 12.9. The molecule has 0 aliphatic rings. The number of H-pyrrole nitrogens is 1. The third kappa shape index (κ3) is 3.16. The first-order chi connectivity index (χ1) is 8.04. The molecule has 0 unspecified atom stereocenters. The summed E-state index contributed by atoms with van der Waals surface area (Å²) in [6, 6.07) is 0. The molecule has 8 nitrogen and oxygen atoms in total. The first-order valence-corrected chi connectivity index (χ1v) is 6.36. The molecule has 9 heteroatoms. The lowest BCUT2D eigenvalue weighted by Gasteiger charge is -2.20. The molecule has 1 heterocycles. The second-order valence-electron chi connectivity index (χ2n) is 3.27. The van der Waals surface area contributed by atoms with Crippen LogP contribution in [0, 0.1) is 0 Å². The van der Waals surface area contributed by atoms with Gasteiger partial charge in [0, 0.05) is 20.2 Å². The van der Waals surface area contributed by atoms with Crippen LogP contribution in [-0.4, -0.2) is 61.4 Å². The molecule has 0 amide bonds. The molecule has 0 bridgehead atoms. The smallest absolute Gasteiger partial charge is 0.248 e. The van der Waals surface area contributed by atoms with E-state index in [1.165, 1.54) is 7.11 Å². The van der Waals surface area contributed by atoms with Crippen LogP contribution in [0.5, 0.6) is 0 Å². The van der Waals surface area contributed by atoms with Gasteiger partial charge in [-0.1, -0.05) is 0 Å². The molecule has 4 N–H and O–H groups in total. The molecule has 0 atom stereocenters. The van der Waals surface area contributed by atoms with Gasteiger partial charge in [0.2, 0.25) is 10.0 Å². The predicted octanol–water partition coefficient (Wildman–Crippen LogP) is -1.38. The summed E-state index contributed by atoms with van der Waals surface area (Å²) in [5.41, 5.74) is 5.47. The normalized spacial score (nSPS) is 12.2. The second kappa shape index (κ2) is 5.96. The molecule has 1 aromatic rings. The molecule has 0 radical (unpaired) electrons. The molecular weight excluding hydrogens is 248 g/mol. The van der Waals surface area contributed by atoms with Crippen molar-refractivity contribution in [1.82, 2.24) is 14.5 Å². The van der Waals surface area contributed by atoms with E-state index < -0.39 is 10.0 Å². The minimum atomic E-state index is -3.75. The summed E-state index contributed by atoms with van der Waals surface area (Å²) in [5.74, 6) is -0.0228. The Morgan fingerprint density at radius 3 is 2.76 bits per heavy atom. The van der Waals surface area contributed by atoms with Crippen LogP contribution in [0.2, 0.25) is 0 Å². The number of nitrogen functional groups attached to an aromatic ring is 1. The first-order valence-electron chi connectivity index (χ1n) is 4.92. The number of aliphatic hydroxyl groups excluding tert-OH is 1. The van der Waals surface area contributed by atoms with Crippen molar-refractivity contribution in [1.29, 1.82) is 0 Å². The molecular formula is C8H16N4O4S. The number of ether oxygens (including phenoxy) is 1. The van der Waals surface area contributed by atoms with Crippen LogP contribution in [-0.2, 0) is 14.8 Å². The van der Waals surface area contributed by atoms with Gasteiger partial charge in [-0.25, -0.2) is 8.42 Å². The highest BCUT2D eigenvalue weighted by atomic mass is 32.2. The molecule has 0 aliphatic heterocycles. The Bertz CT molecular complexity index is 444. The Kier molecular flexibility index (Phi) is 4.87. The molecule has 1 aromatic heterocycles. The number of rotatable bonds is 7. The largest absolute Gasteiger partial charge is 0.395 e. The highest BCUT2D eigenvalue weighted by Gasteiger charge is 2.27. The van der Waals surface area contributed by atoms with Crippen LogP contribution in [0.15, 0.2) is 11.1 Å². The number of hydrogen-bond acceptors (Lipinski definition) is 6. The third-order valence-corrected chi connectivity index (χ3v) is 4.07. The fourth-order valence-corrected chi connectivity index (χ4v) is 2.71. The van der Waals surface area contributed by atoms with Crippen molar-refractivity contribution in [3.63, 3.8) is 0 Å². The maximum absolute atomic E-state index is 12.1. The fraction of sp³-hybridized carbons (Fsp3) is 0.625. The van der Waals surface area contributed by atoms with Crippen molar-refractivity contribution in [2.75, 3.05) is 39.1 Å². The monoisotopic (exact) mass is 264 g/mol. The van der Waals surface area contributed by atoms with Gasteiger partial charge >= 0.3 is 0 Å². The number of nitrogens with zero attached hydrogens (tertiary/aromatic N) is 2. The standard InChI is InChI=1S/C8H16N4O4S/c1-16-5-3-12(2-4-13)17(14,15)7-6-10-11-8(7)9/h6,13H,2-5H2,1H3,(H3,9,10,11). The topological polar surface area (TPSA) is 122 Å². The van der Waals surface area contributed by atoms with E-state index in [9.17, 15) is 8.42 Å². The number of sulfonamides is 1. The van der Waals surface area contributed by atoms with Gasteiger partial charge in [-0.15, -0.1) is 0 Å². The lowest BCUT2D eigenvalue weighted by atomic mass is 10.6. The zero-order valence-corrected chi connectivity index (χ0v) is 10.3. The van der Waals surface area contributed by atoms with Crippen molar-refractivity contribution in [2.24, 2.45) is 0 Å². The van der Waals surface area contributed by atoms with Crippen LogP contribution < -0.4 is 5.73 Å². The zero-order valence-electron chi connectivity index (χ0n) is 9.46. The van der Waals surface area contributed by atoms with E-state index in [-0.39, 0.29) is 37.0 Å². The number of nitrogens with one attached hydrogen (secondary N) is 1. The summed E-state index contributed by atoms with van der Waals surface area (Å²) in [6.07, 6.45) is 1.14. The summed E-state index contributed by atoms with van der Waals surface area (Å²) in [5, 5.41) is 14.8. The van der Waals surface area contributed by atoms with Gasteiger partial charge in [-0.05, 0) is 0 Å². The molecule has 0 aliphatic carbocycles. The average Bonchev–Trinajstić information content (AvgIpc) is 2.71. The summed E-state index contributed by atoms with van der Waals surface area (Å²) < 4.78 is 30.2. The minimum Gasteiger partial charge on any atom is -0.395 e. The summed E-state index contributed by atoms with van der Waals surface area (Å²) >= 11 is 0. The van der Waals surface area contributed by atoms with Crippen molar-refractivity contribution in [2.45, 2.75) is 4.90 Å². The predicted molar refractivity (Wildman–Crippen MR) is 60.7 cm³/mol. The highest BCUT2D eigenvalue weighted by molar-refractivity contribution is 7.89. The summed E-state index contributed by atoms with van der Waals surface area (Å²) in [6.45, 7) is 0.0814. The number of aliphatic hydroxyl groups is 1. The van der Waals surface area contributed by atoms with E-state index >= 15 is 0 Å². The molecule has 98 valence electrons. The number of aromatic nitrogens is 2. The molecule has 1 rings (SSSR count). The van der Waals surface area contributed by atoms with E-state index in [1.54, 1.807) is 0 Å². The Balaban J connectivity index is 2.96. The number of hydrogen-bond donors (Lipinski definition) is 3. The molecule has 17 heavy (non-hydrogen) atoms. The third-order valence-electron chi connectivity index (χ3n) is 2.14. The van der Waals surface area contributed by atoms with E-state index in [4.69, 9.17) is 15.6 Å². The van der Waals surface area contributed by atoms with Crippen LogP contribution in [0.4, 0.5) is 5.82 Å². The molecule has 0 fully saturated rings. The minimum absolute atomic E-state index is 0.0175. The Morgan fingerprint density at radius 2 is 2.29 bits per heavy atom. The van der Waals surface area contributed by atoms with Crippen molar-refractivity contribution in [3.05, 3.63) is 6.20 Å². The molecule has 0 saturated carbocycles. The van der Waals surface area contributed by atoms with Gasteiger partial charge in [0.25, 0.3) is 0 Å². The van der Waals surface area contributed by atoms with E-state index in [2.05, 4.69) is 10.2 Å². The van der Waals surface area contributed by atoms with Crippen LogP contribution in [0.25, 0.3) is 0 Å². The highest BCUT2D eigenvalue weighted by Crippen LogP contribution is 2.19. The van der Waals surface area contributed by atoms with Gasteiger partial charge in [0.1, 0.15) is 10.7 Å². The van der Waals surface area contributed by atoms with Crippen LogP contribution in [0.3, 0.4) is 0 Å². The van der Waals surface area contributed by atoms with E-state index in [0.717, 1.165) is 10.5 Å². The number of anilines is 1. The van der Waals surface area contributed by atoms with E-state index in [1.807, 2.05) is 0 Å². The molecule has 0 spiro atoms. The average molecular weight is 264 g/mol. The second-order valence-corrected chi connectivity index (χ2v) is 5.17. The molecule has 0 saturated heterocycles. The Morgan fingerprint density at radius 1 is 1.59 bits per heavy atom. The van der Waals surface area contributed by atoms with Crippen molar-refractivity contribution in [3.8, 4) is 0 Å². The number of methoxy groups -OCH3 is 1. The number of aromatic amines is 1. The maximum atomic E-state index is 12.1. The van der Waals surface area contributed by atoms with Crippen molar-refractivity contribution >= 4 is 15.8 Å². The lowest BCUT2D eigenvalue weighted by molar-refractivity contribution is 0.168. The van der Waals surface area contributed by atoms with Gasteiger partial charge in [-0.2, -0.15) is 9.40 Å². The summed E-state index contributed by atoms with van der Waals surface area (Å²) in [7, 11) is -2.28. The Labute approximate surface area is 99.4 Å². The van der Waals surface area contributed by atoms with Gasteiger partial charge in [-0.3, -0.25) is 5.10 Å².